The molecule has 7 heteroatoms. The zero-order valence-electron chi connectivity index (χ0n) is 10.6. The first kappa shape index (κ1) is 15.6. The summed E-state index contributed by atoms with van der Waals surface area (Å²) in [6.07, 6.45) is -0.0376. The Balaban J connectivity index is 2.25. The number of hydrogen-bond acceptors (Lipinski definition) is 6. The van der Waals surface area contributed by atoms with Crippen molar-refractivity contribution in [1.82, 2.24) is 0 Å². The minimum absolute atomic E-state index is 0.00349. The molecule has 0 radical (unpaired) electrons. The lowest BCUT2D eigenvalue weighted by molar-refractivity contribution is -0.145. The maximum absolute atomic E-state index is 11.4. The topological polar surface area (TPSA) is 95.7 Å². The molecule has 6 nitrogen and oxygen atoms in total. The van der Waals surface area contributed by atoms with Gasteiger partial charge in [0, 0.05) is 6.42 Å². The van der Waals surface area contributed by atoms with E-state index in [-0.39, 0.29) is 19.4 Å². The molecule has 1 unspecified atom stereocenters. The van der Waals surface area contributed by atoms with Gasteiger partial charge in [0.15, 0.2) is 0 Å². The van der Waals surface area contributed by atoms with E-state index in [0.717, 1.165) is 11.8 Å². The number of carbonyl (C=O) groups excluding carboxylic acids is 1. The third-order valence-corrected chi connectivity index (χ3v) is 2.77. The average molecular weight is 287 g/mol. The molecule has 0 aliphatic heterocycles. The zero-order chi connectivity index (χ0) is 14.3. The van der Waals surface area contributed by atoms with Crippen LogP contribution in [0.25, 0.3) is 0 Å². The Labute approximate surface area is 112 Å². The van der Waals surface area contributed by atoms with Gasteiger partial charge in [0.05, 0.1) is 6.26 Å². The molecule has 1 aromatic rings. The smallest absolute Gasteiger partial charge is 0.306 e. The number of hydrogen-bond donors (Lipinski definition) is 1. The maximum atomic E-state index is 11.4. The molecule has 19 heavy (non-hydrogen) atoms. The summed E-state index contributed by atoms with van der Waals surface area (Å²) in [5.41, 5.74) is 6.29. The van der Waals surface area contributed by atoms with Crippen LogP contribution in [0.4, 0.5) is 0 Å². The first-order valence-corrected chi connectivity index (χ1v) is 7.52. The second kappa shape index (κ2) is 7.22. The summed E-state index contributed by atoms with van der Waals surface area (Å²) in [5, 5.41) is 0. The normalized spacial score (nSPS) is 12.9. The Bertz CT molecular complexity index is 500. The average Bonchev–Trinajstić information content (AvgIpc) is 2.33. The predicted octanol–water partition coefficient (Wildman–Crippen LogP) is 0.771. The van der Waals surface area contributed by atoms with Crippen LogP contribution < -0.4 is 5.73 Å². The molecule has 106 valence electrons. The molecule has 0 aromatic heterocycles. The van der Waals surface area contributed by atoms with Crippen molar-refractivity contribution in [2.24, 2.45) is 5.73 Å². The van der Waals surface area contributed by atoms with Crippen molar-refractivity contribution < 1.29 is 22.1 Å². The molecule has 1 rings (SSSR count). The Morgan fingerprint density at radius 3 is 2.53 bits per heavy atom. The number of benzene rings is 1. The van der Waals surface area contributed by atoms with E-state index >= 15 is 0 Å². The molecule has 0 spiro atoms. The monoisotopic (exact) mass is 287 g/mol. The summed E-state index contributed by atoms with van der Waals surface area (Å²) >= 11 is 0. The lowest BCUT2D eigenvalue weighted by atomic mass is 10.2. The molecule has 1 atom stereocenters. The van der Waals surface area contributed by atoms with E-state index in [1.807, 2.05) is 30.3 Å². The van der Waals surface area contributed by atoms with Gasteiger partial charge < -0.3 is 10.5 Å². The third-order valence-electron chi connectivity index (χ3n) is 2.17. The third kappa shape index (κ3) is 7.55. The van der Waals surface area contributed by atoms with Crippen LogP contribution in [0.3, 0.4) is 0 Å². The number of ether oxygens (including phenoxy) is 1. The number of rotatable bonds is 7. The Hall–Kier alpha value is -1.44. The van der Waals surface area contributed by atoms with E-state index in [0.29, 0.717) is 0 Å². The fraction of sp³-hybridized carbons (Fsp3) is 0.417. The molecule has 0 bridgehead atoms. The Morgan fingerprint density at radius 1 is 1.32 bits per heavy atom. The predicted molar refractivity (Wildman–Crippen MR) is 69.4 cm³/mol. The number of carbonyl (C=O) groups is 1. The summed E-state index contributed by atoms with van der Waals surface area (Å²) in [7, 11) is -3.60. The first-order chi connectivity index (χ1) is 8.87. The van der Waals surface area contributed by atoms with E-state index in [4.69, 9.17) is 10.5 Å². The van der Waals surface area contributed by atoms with Gasteiger partial charge in [-0.1, -0.05) is 30.3 Å². The van der Waals surface area contributed by atoms with E-state index in [9.17, 15) is 13.2 Å². The van der Waals surface area contributed by atoms with Crippen molar-refractivity contribution >= 4 is 16.1 Å². The highest BCUT2D eigenvalue weighted by Crippen LogP contribution is 2.05. The molecule has 0 aliphatic carbocycles. The molecule has 0 amide bonds. The zero-order valence-corrected chi connectivity index (χ0v) is 11.4. The second-order valence-electron chi connectivity index (χ2n) is 4.02. The minimum atomic E-state index is -3.60. The Kier molecular flexibility index (Phi) is 5.94. The van der Waals surface area contributed by atoms with Crippen molar-refractivity contribution in [3.05, 3.63) is 35.9 Å². The highest BCUT2D eigenvalue weighted by Gasteiger charge is 2.13. The highest BCUT2D eigenvalue weighted by atomic mass is 32.2. The van der Waals surface area contributed by atoms with E-state index in [1.54, 1.807) is 0 Å². The van der Waals surface area contributed by atoms with Crippen LogP contribution in [-0.4, -0.2) is 26.9 Å². The Morgan fingerprint density at radius 2 is 1.95 bits per heavy atom. The van der Waals surface area contributed by atoms with Crippen molar-refractivity contribution in [3.8, 4) is 0 Å². The van der Waals surface area contributed by atoms with Crippen LogP contribution in [0.2, 0.25) is 0 Å². The lowest BCUT2D eigenvalue weighted by Gasteiger charge is -2.10. The molecule has 0 saturated carbocycles. The molecule has 0 aliphatic rings. The lowest BCUT2D eigenvalue weighted by Crippen LogP contribution is -2.27. The van der Waals surface area contributed by atoms with Gasteiger partial charge in [-0.3, -0.25) is 8.98 Å². The van der Waals surface area contributed by atoms with E-state index in [2.05, 4.69) is 4.18 Å². The molecule has 0 heterocycles. The summed E-state index contributed by atoms with van der Waals surface area (Å²) in [5.74, 6) is -0.448. The second-order valence-corrected chi connectivity index (χ2v) is 5.62. The molecule has 0 saturated heterocycles. The molecular weight excluding hydrogens is 270 g/mol. The molecular formula is C12H17NO5S. The number of nitrogens with two attached hydrogens (primary N) is 1. The van der Waals surface area contributed by atoms with Crippen molar-refractivity contribution in [2.75, 3.05) is 6.26 Å². The van der Waals surface area contributed by atoms with Crippen molar-refractivity contribution in [1.29, 1.82) is 0 Å². The van der Waals surface area contributed by atoms with E-state index < -0.39 is 22.3 Å². The van der Waals surface area contributed by atoms with E-state index in [1.165, 1.54) is 0 Å². The van der Waals surface area contributed by atoms with Crippen molar-refractivity contribution in [3.63, 3.8) is 0 Å². The molecule has 2 N–H and O–H groups in total. The van der Waals surface area contributed by atoms with Gasteiger partial charge in [-0.05, 0) is 12.0 Å². The van der Waals surface area contributed by atoms with Crippen LogP contribution in [0.5, 0.6) is 0 Å². The first-order valence-electron chi connectivity index (χ1n) is 5.70. The standard InChI is InChI=1S/C12H17NO5S/c1-19(15,16)18-11(13)7-8-12(14)17-9-10-5-3-2-4-6-10/h2-6,11H,7-9,13H2,1H3. The van der Waals surface area contributed by atoms with Crippen LogP contribution in [0.15, 0.2) is 30.3 Å². The van der Waals surface area contributed by atoms with Gasteiger partial charge in [-0.2, -0.15) is 8.42 Å². The van der Waals surface area contributed by atoms with Crippen molar-refractivity contribution in [2.45, 2.75) is 25.7 Å². The highest BCUT2D eigenvalue weighted by molar-refractivity contribution is 7.86. The van der Waals surface area contributed by atoms with Gasteiger partial charge >= 0.3 is 5.97 Å². The maximum Gasteiger partial charge on any atom is 0.306 e. The largest absolute Gasteiger partial charge is 0.461 e. The van der Waals surface area contributed by atoms with Crippen LogP contribution in [0.1, 0.15) is 18.4 Å². The van der Waals surface area contributed by atoms with Gasteiger partial charge in [-0.25, -0.2) is 0 Å². The summed E-state index contributed by atoms with van der Waals surface area (Å²) < 4.78 is 31.1. The fourth-order valence-corrected chi connectivity index (χ4v) is 1.89. The molecule has 0 fully saturated rings. The summed E-state index contributed by atoms with van der Waals surface area (Å²) in [6.45, 7) is 0.182. The van der Waals surface area contributed by atoms with Gasteiger partial charge in [0.25, 0.3) is 10.1 Å². The summed E-state index contributed by atoms with van der Waals surface area (Å²) in [4.78, 5) is 11.4. The van der Waals surface area contributed by atoms with Gasteiger partial charge in [-0.15, -0.1) is 0 Å². The van der Waals surface area contributed by atoms with Gasteiger partial charge in [0.2, 0.25) is 0 Å². The number of esters is 1. The fourth-order valence-electron chi connectivity index (χ4n) is 1.34. The summed E-state index contributed by atoms with van der Waals surface area (Å²) in [6, 6.07) is 9.24. The van der Waals surface area contributed by atoms with Crippen LogP contribution in [0, 0.1) is 0 Å². The quantitative estimate of drug-likeness (QED) is 0.452. The van der Waals surface area contributed by atoms with Crippen LogP contribution in [-0.2, 0) is 30.4 Å². The minimum Gasteiger partial charge on any atom is -0.461 e. The SMILES string of the molecule is CS(=O)(=O)OC(N)CCC(=O)OCc1ccccc1. The van der Waals surface area contributed by atoms with Crippen LogP contribution >= 0.6 is 0 Å². The molecule has 1 aromatic carbocycles. The van der Waals surface area contributed by atoms with Gasteiger partial charge in [0.1, 0.15) is 12.8 Å².